The summed E-state index contributed by atoms with van der Waals surface area (Å²) in [6.45, 7) is 0.511. The van der Waals surface area contributed by atoms with E-state index in [2.05, 4.69) is 20.2 Å². The van der Waals surface area contributed by atoms with Crippen molar-refractivity contribution in [1.29, 1.82) is 0 Å². The molecular formula is C19H15ClN4OS. The lowest BCUT2D eigenvalue weighted by Gasteiger charge is -2.11. The van der Waals surface area contributed by atoms with E-state index in [-0.39, 0.29) is 0 Å². The number of thiazole rings is 1. The Bertz CT molecular complexity index is 986. The van der Waals surface area contributed by atoms with Gasteiger partial charge in [0.1, 0.15) is 24.4 Å². The van der Waals surface area contributed by atoms with Gasteiger partial charge in [-0.1, -0.05) is 41.9 Å². The maximum absolute atomic E-state index is 6.19. The van der Waals surface area contributed by atoms with E-state index < -0.39 is 0 Å². The van der Waals surface area contributed by atoms with Crippen molar-refractivity contribution in [3.8, 4) is 17.3 Å². The smallest absolute Gasteiger partial charge is 0.174 e. The molecule has 0 atom stereocenters. The summed E-state index contributed by atoms with van der Waals surface area (Å²) in [7, 11) is 0. The third-order valence-electron chi connectivity index (χ3n) is 3.81. The molecule has 0 radical (unpaired) electrons. The second-order valence-corrected chi connectivity index (χ2v) is 7.04. The van der Waals surface area contributed by atoms with E-state index >= 15 is 0 Å². The summed E-state index contributed by atoms with van der Waals surface area (Å²) in [4.78, 5) is 8.76. The van der Waals surface area contributed by atoms with Crippen LogP contribution in [-0.2, 0) is 13.0 Å². The molecule has 2 aromatic heterocycles. The maximum atomic E-state index is 6.19. The fraction of sp³-hybridized carbons (Fsp3) is 0.105. The minimum Gasteiger partial charge on any atom is -0.489 e. The molecule has 0 unspecified atom stereocenters. The van der Waals surface area contributed by atoms with Crippen molar-refractivity contribution in [2.75, 3.05) is 0 Å². The first-order chi connectivity index (χ1) is 12.8. The van der Waals surface area contributed by atoms with E-state index in [0.29, 0.717) is 23.9 Å². The number of hydrogen-bond acceptors (Lipinski definition) is 5. The number of H-pyrrole nitrogens is 1. The highest BCUT2D eigenvalue weighted by Gasteiger charge is 2.11. The number of nitrogens with one attached hydrogen (secondary N) is 1. The zero-order valence-electron chi connectivity index (χ0n) is 13.7. The summed E-state index contributed by atoms with van der Waals surface area (Å²) in [5.74, 6) is 1.48. The van der Waals surface area contributed by atoms with Crippen molar-refractivity contribution >= 4 is 22.9 Å². The lowest BCUT2D eigenvalue weighted by atomic mass is 10.1. The fourth-order valence-corrected chi connectivity index (χ4v) is 3.55. The topological polar surface area (TPSA) is 63.7 Å². The Labute approximate surface area is 159 Å². The molecule has 4 aromatic rings. The summed E-state index contributed by atoms with van der Waals surface area (Å²) in [5.41, 5.74) is 2.92. The maximum Gasteiger partial charge on any atom is 0.174 e. The van der Waals surface area contributed by atoms with Crippen LogP contribution in [-0.4, -0.2) is 20.2 Å². The van der Waals surface area contributed by atoms with Gasteiger partial charge in [0.05, 0.1) is 5.01 Å². The number of hydrogen-bond donors (Lipinski definition) is 1. The zero-order chi connectivity index (χ0) is 17.8. The lowest BCUT2D eigenvalue weighted by molar-refractivity contribution is 0.303. The first-order valence-electron chi connectivity index (χ1n) is 8.03. The molecule has 7 heteroatoms. The van der Waals surface area contributed by atoms with Crippen LogP contribution in [0.3, 0.4) is 0 Å². The van der Waals surface area contributed by atoms with Crippen molar-refractivity contribution in [3.05, 3.63) is 81.4 Å². The van der Waals surface area contributed by atoms with Gasteiger partial charge < -0.3 is 4.74 Å². The van der Waals surface area contributed by atoms with Crippen LogP contribution in [0.4, 0.5) is 0 Å². The highest BCUT2D eigenvalue weighted by Crippen LogP contribution is 2.28. The van der Waals surface area contributed by atoms with Gasteiger partial charge >= 0.3 is 0 Å². The Balaban J connectivity index is 1.53. The molecule has 26 heavy (non-hydrogen) atoms. The number of halogens is 1. The normalized spacial score (nSPS) is 10.8. The fourth-order valence-electron chi connectivity index (χ4n) is 2.55. The third kappa shape index (κ3) is 3.92. The van der Waals surface area contributed by atoms with E-state index in [1.807, 2.05) is 53.9 Å². The standard InChI is InChI=1S/C19H15ClN4OS/c20-15-6-7-17(25-10-13-4-2-1-3-5-13)14(8-15)9-18-23-16(11-26-18)19-21-12-22-24-19/h1-8,11-12H,9-10H2,(H,21,22,24). The molecule has 0 fully saturated rings. The van der Waals surface area contributed by atoms with Gasteiger partial charge in [-0.3, -0.25) is 5.10 Å². The van der Waals surface area contributed by atoms with Crippen molar-refractivity contribution in [2.24, 2.45) is 0 Å². The van der Waals surface area contributed by atoms with Crippen LogP contribution in [0.5, 0.6) is 5.75 Å². The second kappa shape index (κ2) is 7.68. The Morgan fingerprint density at radius 2 is 2.00 bits per heavy atom. The van der Waals surface area contributed by atoms with Crippen LogP contribution in [0.1, 0.15) is 16.1 Å². The first-order valence-corrected chi connectivity index (χ1v) is 9.29. The monoisotopic (exact) mass is 382 g/mol. The average molecular weight is 383 g/mol. The van der Waals surface area contributed by atoms with Crippen LogP contribution < -0.4 is 4.74 Å². The van der Waals surface area contributed by atoms with Gasteiger partial charge in [0.15, 0.2) is 5.82 Å². The van der Waals surface area contributed by atoms with Gasteiger partial charge in [-0.15, -0.1) is 11.3 Å². The highest BCUT2D eigenvalue weighted by molar-refractivity contribution is 7.10. The highest BCUT2D eigenvalue weighted by atomic mass is 35.5. The molecule has 0 saturated heterocycles. The molecule has 0 bridgehead atoms. The second-order valence-electron chi connectivity index (χ2n) is 5.66. The molecule has 2 aromatic carbocycles. The van der Waals surface area contributed by atoms with Gasteiger partial charge in [-0.2, -0.15) is 5.10 Å². The molecular weight excluding hydrogens is 368 g/mol. The van der Waals surface area contributed by atoms with Gasteiger partial charge in [-0.05, 0) is 23.8 Å². The van der Waals surface area contributed by atoms with E-state index in [9.17, 15) is 0 Å². The summed E-state index contributed by atoms with van der Waals surface area (Å²) < 4.78 is 6.02. The molecule has 2 heterocycles. The Morgan fingerprint density at radius 3 is 2.81 bits per heavy atom. The van der Waals surface area contributed by atoms with E-state index in [1.165, 1.54) is 6.33 Å². The Hall–Kier alpha value is -2.70. The van der Waals surface area contributed by atoms with Gasteiger partial charge in [0, 0.05) is 22.4 Å². The molecule has 0 aliphatic carbocycles. The predicted octanol–water partition coefficient (Wildman–Crippen LogP) is 4.75. The quantitative estimate of drug-likeness (QED) is 0.522. The Morgan fingerprint density at radius 1 is 1.12 bits per heavy atom. The SMILES string of the molecule is Clc1ccc(OCc2ccccc2)c(Cc2nc(-c3ncn[nH]3)cs2)c1. The third-order valence-corrected chi connectivity index (χ3v) is 4.89. The lowest BCUT2D eigenvalue weighted by Crippen LogP contribution is -1.99. The molecule has 0 amide bonds. The van der Waals surface area contributed by atoms with E-state index in [1.54, 1.807) is 11.3 Å². The summed E-state index contributed by atoms with van der Waals surface area (Å²) in [6, 6.07) is 15.8. The molecule has 0 spiro atoms. The van der Waals surface area contributed by atoms with Crippen molar-refractivity contribution < 1.29 is 4.74 Å². The van der Waals surface area contributed by atoms with Gasteiger partial charge in [0.25, 0.3) is 0 Å². The first kappa shape index (κ1) is 16.8. The summed E-state index contributed by atoms with van der Waals surface area (Å²) >= 11 is 7.76. The van der Waals surface area contributed by atoms with Crippen LogP contribution in [0.25, 0.3) is 11.5 Å². The largest absolute Gasteiger partial charge is 0.489 e. The van der Waals surface area contributed by atoms with Crippen LogP contribution in [0, 0.1) is 0 Å². The predicted molar refractivity (Wildman–Crippen MR) is 103 cm³/mol. The zero-order valence-corrected chi connectivity index (χ0v) is 15.3. The minimum absolute atomic E-state index is 0.511. The Kier molecular flexibility index (Phi) is 4.95. The van der Waals surface area contributed by atoms with Crippen LogP contribution in [0.15, 0.2) is 60.2 Å². The van der Waals surface area contributed by atoms with E-state index in [4.69, 9.17) is 16.3 Å². The molecule has 0 aliphatic rings. The van der Waals surface area contributed by atoms with Crippen molar-refractivity contribution in [3.63, 3.8) is 0 Å². The molecule has 4 rings (SSSR count). The number of aromatic amines is 1. The number of ether oxygens (including phenoxy) is 1. The summed E-state index contributed by atoms with van der Waals surface area (Å²) in [5, 5.41) is 10.3. The number of rotatable bonds is 6. The van der Waals surface area contributed by atoms with E-state index in [0.717, 1.165) is 27.6 Å². The minimum atomic E-state index is 0.511. The molecule has 130 valence electrons. The van der Waals surface area contributed by atoms with Gasteiger partial charge in [-0.25, -0.2) is 9.97 Å². The van der Waals surface area contributed by atoms with Crippen LogP contribution >= 0.6 is 22.9 Å². The van der Waals surface area contributed by atoms with Crippen molar-refractivity contribution in [1.82, 2.24) is 20.2 Å². The average Bonchev–Trinajstić information content (AvgIpc) is 3.33. The number of benzene rings is 2. The molecule has 0 saturated carbocycles. The number of nitrogens with zero attached hydrogens (tertiary/aromatic N) is 3. The molecule has 5 nitrogen and oxygen atoms in total. The van der Waals surface area contributed by atoms with Crippen LogP contribution in [0.2, 0.25) is 5.02 Å². The molecule has 1 N–H and O–H groups in total. The molecule has 0 aliphatic heterocycles. The van der Waals surface area contributed by atoms with Crippen molar-refractivity contribution in [2.45, 2.75) is 13.0 Å². The number of aromatic nitrogens is 4. The van der Waals surface area contributed by atoms with Gasteiger partial charge in [0.2, 0.25) is 0 Å². The summed E-state index contributed by atoms with van der Waals surface area (Å²) in [6.07, 6.45) is 2.12.